The van der Waals surface area contributed by atoms with E-state index < -0.39 is 28.9 Å². The van der Waals surface area contributed by atoms with E-state index in [2.05, 4.69) is 45.5 Å². The smallest absolute Gasteiger partial charge is 0.410 e. The second-order valence-corrected chi connectivity index (χ2v) is 11.6. The number of hydrogen-bond donors (Lipinski definition) is 1. The van der Waals surface area contributed by atoms with Crippen LogP contribution in [-0.4, -0.2) is 41.4 Å². The fraction of sp³-hybridized carbons (Fsp3) is 0.407. The zero-order valence-corrected chi connectivity index (χ0v) is 22.1. The summed E-state index contributed by atoms with van der Waals surface area (Å²) >= 11 is 3.79. The van der Waals surface area contributed by atoms with Crippen LogP contribution >= 0.6 is 15.9 Å². The standard InChI is InChI=1S/C27H31BrN2O4/c1-25(2,3)33-23(31)29-27(15-30(16-27)24(32)34-26(4,5)6)21-17-11-7-9-13-19(17)22(28)20-14-10-8-12-18(20)21/h7-14H,15-16H2,1-6H3,(H,29,31). The van der Waals surface area contributed by atoms with Gasteiger partial charge in [0.1, 0.15) is 16.7 Å². The maximum atomic E-state index is 13.0. The zero-order valence-electron chi connectivity index (χ0n) is 20.5. The number of fused-ring (bicyclic) bond motifs is 2. The van der Waals surface area contributed by atoms with Crippen LogP contribution in [0.5, 0.6) is 0 Å². The first kappa shape index (κ1) is 24.3. The Bertz CT molecular complexity index is 1210. The number of hydrogen-bond acceptors (Lipinski definition) is 4. The third kappa shape index (κ3) is 4.71. The average molecular weight is 527 g/mol. The number of carbonyl (C=O) groups is 2. The van der Waals surface area contributed by atoms with Crippen LogP contribution in [0.1, 0.15) is 47.1 Å². The van der Waals surface area contributed by atoms with Crippen molar-refractivity contribution in [3.05, 3.63) is 58.6 Å². The van der Waals surface area contributed by atoms with Crippen LogP contribution in [0.2, 0.25) is 0 Å². The predicted molar refractivity (Wildman–Crippen MR) is 138 cm³/mol. The molecule has 34 heavy (non-hydrogen) atoms. The van der Waals surface area contributed by atoms with Crippen LogP contribution in [0.4, 0.5) is 9.59 Å². The summed E-state index contributed by atoms with van der Waals surface area (Å²) in [5.41, 5.74) is -1.12. The molecule has 180 valence electrons. The topological polar surface area (TPSA) is 67.9 Å². The SMILES string of the molecule is CC(C)(C)OC(=O)NC1(c2c3ccccc3c(Br)c3ccccc23)CN(C(=O)OC(C)(C)C)C1. The Morgan fingerprint density at radius 3 is 1.71 bits per heavy atom. The summed E-state index contributed by atoms with van der Waals surface area (Å²) in [6, 6.07) is 16.2. The molecule has 1 heterocycles. The number of rotatable bonds is 2. The molecule has 0 radical (unpaired) electrons. The monoisotopic (exact) mass is 526 g/mol. The lowest BCUT2D eigenvalue weighted by molar-refractivity contribution is -0.0223. The van der Waals surface area contributed by atoms with Crippen molar-refractivity contribution in [2.24, 2.45) is 0 Å². The number of ether oxygens (including phenoxy) is 2. The summed E-state index contributed by atoms with van der Waals surface area (Å²) in [5, 5.41) is 7.22. The molecule has 7 heteroatoms. The molecule has 1 fully saturated rings. The molecule has 1 aliphatic rings. The Morgan fingerprint density at radius 1 is 0.824 bits per heavy atom. The van der Waals surface area contributed by atoms with E-state index in [1.54, 1.807) is 4.90 Å². The van der Waals surface area contributed by atoms with E-state index in [4.69, 9.17) is 9.47 Å². The Labute approximate surface area is 208 Å². The first-order chi connectivity index (χ1) is 15.8. The molecule has 1 saturated heterocycles. The van der Waals surface area contributed by atoms with Gasteiger partial charge in [-0.05, 0) is 84.6 Å². The normalized spacial score (nSPS) is 15.7. The van der Waals surface area contributed by atoms with Gasteiger partial charge in [0.05, 0.1) is 13.1 Å². The van der Waals surface area contributed by atoms with Crippen molar-refractivity contribution >= 4 is 49.7 Å². The fourth-order valence-corrected chi connectivity index (χ4v) is 5.14. The Morgan fingerprint density at radius 2 is 1.26 bits per heavy atom. The van der Waals surface area contributed by atoms with Crippen molar-refractivity contribution in [3.8, 4) is 0 Å². The van der Waals surface area contributed by atoms with Gasteiger partial charge in [-0.2, -0.15) is 0 Å². The predicted octanol–water partition coefficient (Wildman–Crippen LogP) is 6.73. The lowest BCUT2D eigenvalue weighted by atomic mass is 9.77. The van der Waals surface area contributed by atoms with E-state index >= 15 is 0 Å². The summed E-state index contributed by atoms with van der Waals surface area (Å²) < 4.78 is 12.2. The van der Waals surface area contributed by atoms with E-state index in [1.807, 2.05) is 65.8 Å². The van der Waals surface area contributed by atoms with Crippen molar-refractivity contribution in [1.29, 1.82) is 0 Å². The minimum absolute atomic E-state index is 0.275. The molecule has 2 amide bonds. The van der Waals surface area contributed by atoms with Gasteiger partial charge in [0, 0.05) is 4.47 Å². The highest BCUT2D eigenvalue weighted by Crippen LogP contribution is 2.44. The van der Waals surface area contributed by atoms with Gasteiger partial charge in [-0.1, -0.05) is 48.5 Å². The Hall–Kier alpha value is -2.80. The second-order valence-electron chi connectivity index (χ2n) is 10.8. The van der Waals surface area contributed by atoms with E-state index in [9.17, 15) is 9.59 Å². The molecule has 0 unspecified atom stereocenters. The van der Waals surface area contributed by atoms with Crippen LogP contribution in [0.25, 0.3) is 21.5 Å². The highest BCUT2D eigenvalue weighted by atomic mass is 79.9. The van der Waals surface area contributed by atoms with E-state index in [0.717, 1.165) is 31.6 Å². The maximum Gasteiger partial charge on any atom is 0.410 e. The van der Waals surface area contributed by atoms with Crippen molar-refractivity contribution in [3.63, 3.8) is 0 Å². The molecular formula is C27H31BrN2O4. The van der Waals surface area contributed by atoms with E-state index in [0.29, 0.717) is 0 Å². The number of benzene rings is 3. The average Bonchev–Trinajstić information content (AvgIpc) is 2.68. The zero-order chi connectivity index (χ0) is 24.9. The Kier molecular flexibility index (Phi) is 6.05. The number of likely N-dealkylation sites (tertiary alicyclic amines) is 1. The molecule has 0 atom stereocenters. The highest BCUT2D eigenvalue weighted by molar-refractivity contribution is 9.10. The van der Waals surface area contributed by atoms with Crippen LogP contribution in [0.15, 0.2) is 53.0 Å². The van der Waals surface area contributed by atoms with Crippen LogP contribution in [0.3, 0.4) is 0 Å². The minimum atomic E-state index is -0.834. The number of nitrogens with one attached hydrogen (secondary N) is 1. The number of halogens is 1. The highest BCUT2D eigenvalue weighted by Gasteiger charge is 2.51. The molecule has 3 aromatic carbocycles. The minimum Gasteiger partial charge on any atom is -0.444 e. The van der Waals surface area contributed by atoms with Crippen LogP contribution in [0, 0.1) is 0 Å². The number of carbonyl (C=O) groups excluding carboxylic acids is 2. The van der Waals surface area contributed by atoms with E-state index in [1.165, 1.54) is 0 Å². The van der Waals surface area contributed by atoms with Gasteiger partial charge >= 0.3 is 12.2 Å². The molecule has 0 spiro atoms. The molecule has 0 aromatic heterocycles. The molecule has 4 rings (SSSR count). The van der Waals surface area contributed by atoms with Gasteiger partial charge in [-0.3, -0.25) is 0 Å². The molecule has 3 aromatic rings. The molecule has 0 bridgehead atoms. The lowest BCUT2D eigenvalue weighted by Gasteiger charge is -2.51. The van der Waals surface area contributed by atoms with Crippen molar-refractivity contribution in [1.82, 2.24) is 10.2 Å². The van der Waals surface area contributed by atoms with Gasteiger partial charge in [-0.25, -0.2) is 9.59 Å². The molecule has 1 aliphatic heterocycles. The van der Waals surface area contributed by atoms with Crippen LogP contribution in [-0.2, 0) is 15.0 Å². The summed E-state index contributed by atoms with van der Waals surface area (Å²) in [6.07, 6.45) is -0.924. The third-order valence-electron chi connectivity index (χ3n) is 5.66. The largest absolute Gasteiger partial charge is 0.444 e. The number of nitrogens with zero attached hydrogens (tertiary/aromatic N) is 1. The quantitative estimate of drug-likeness (QED) is 0.376. The van der Waals surface area contributed by atoms with Gasteiger partial charge in [0.2, 0.25) is 0 Å². The Balaban J connectivity index is 1.86. The van der Waals surface area contributed by atoms with Crippen molar-refractivity contribution in [2.75, 3.05) is 13.1 Å². The molecule has 0 aliphatic carbocycles. The van der Waals surface area contributed by atoms with Gasteiger partial charge < -0.3 is 19.7 Å². The molecular weight excluding hydrogens is 496 g/mol. The maximum absolute atomic E-state index is 13.0. The molecule has 6 nitrogen and oxygen atoms in total. The fourth-order valence-electron chi connectivity index (χ4n) is 4.45. The van der Waals surface area contributed by atoms with E-state index in [-0.39, 0.29) is 13.1 Å². The second kappa shape index (κ2) is 8.45. The van der Waals surface area contributed by atoms with Crippen molar-refractivity contribution in [2.45, 2.75) is 58.3 Å². The summed E-state index contributed by atoms with van der Waals surface area (Å²) in [6.45, 7) is 11.6. The van der Waals surface area contributed by atoms with Gasteiger partial charge in [-0.15, -0.1) is 0 Å². The first-order valence-electron chi connectivity index (χ1n) is 11.4. The molecule has 0 saturated carbocycles. The number of alkyl carbamates (subject to hydrolysis) is 1. The van der Waals surface area contributed by atoms with Gasteiger partial charge in [0.15, 0.2) is 0 Å². The summed E-state index contributed by atoms with van der Waals surface area (Å²) in [4.78, 5) is 27.4. The summed E-state index contributed by atoms with van der Waals surface area (Å²) in [5.74, 6) is 0. The first-order valence-corrected chi connectivity index (χ1v) is 12.2. The van der Waals surface area contributed by atoms with Gasteiger partial charge in [0.25, 0.3) is 0 Å². The lowest BCUT2D eigenvalue weighted by Crippen LogP contribution is -2.69. The van der Waals surface area contributed by atoms with Crippen LogP contribution < -0.4 is 5.32 Å². The number of amides is 2. The van der Waals surface area contributed by atoms with Crippen molar-refractivity contribution < 1.29 is 19.1 Å². The molecule has 1 N–H and O–H groups in total. The third-order valence-corrected chi connectivity index (χ3v) is 6.51. The summed E-state index contributed by atoms with van der Waals surface area (Å²) in [7, 11) is 0.